The lowest BCUT2D eigenvalue weighted by Crippen LogP contribution is -2.02. The van der Waals surface area contributed by atoms with Gasteiger partial charge in [-0.05, 0) is 0 Å². The summed E-state index contributed by atoms with van der Waals surface area (Å²) in [6.07, 6.45) is 0. The molecule has 4 nitrogen and oxygen atoms in total. The van der Waals surface area contributed by atoms with Gasteiger partial charge < -0.3 is 4.84 Å². The molecule has 0 bridgehead atoms. The maximum absolute atomic E-state index is 9.28. The number of nitrogens with zero attached hydrogens (tertiary/aromatic N) is 1. The fourth-order valence-corrected chi connectivity index (χ4v) is 0.178. The van der Waals surface area contributed by atoms with Crippen LogP contribution in [0.4, 0.5) is 0 Å². The molecule has 0 aromatic rings. The molecule has 0 atom stereocenters. The van der Waals surface area contributed by atoms with Gasteiger partial charge in [0.1, 0.15) is 6.61 Å². The third-order valence-electron chi connectivity index (χ3n) is 0.274. The Morgan fingerprint density at radius 3 is 2.57 bits per heavy atom. The quantitative estimate of drug-likeness (QED) is 0.312. The summed E-state index contributed by atoms with van der Waals surface area (Å²) in [6.45, 7) is -0.0332. The predicted octanol–water partition coefficient (Wildman–Crippen LogP) is 0.433. The maximum atomic E-state index is 9.28. The fraction of sp³-hybridized carbons (Fsp3) is 1.00. The van der Waals surface area contributed by atoms with E-state index in [1.165, 1.54) is 0 Å². The maximum Gasteiger partial charge on any atom is 0.294 e. The summed E-state index contributed by atoms with van der Waals surface area (Å²) in [5.41, 5.74) is 0. The van der Waals surface area contributed by atoms with Crippen LogP contribution in [0.1, 0.15) is 0 Å². The Morgan fingerprint density at radius 2 is 2.43 bits per heavy atom. The lowest BCUT2D eigenvalue weighted by molar-refractivity contribution is -0.756. The molecule has 0 aromatic carbocycles. The molecule has 0 aromatic heterocycles. The summed E-state index contributed by atoms with van der Waals surface area (Å²) < 4.78 is 0. The van der Waals surface area contributed by atoms with E-state index in [0.29, 0.717) is 0 Å². The number of halogens is 1. The van der Waals surface area contributed by atoms with Gasteiger partial charge in [-0.3, -0.25) is 0 Å². The van der Waals surface area contributed by atoms with Gasteiger partial charge in [-0.15, -0.1) is 21.7 Å². The van der Waals surface area contributed by atoms with Gasteiger partial charge in [-0.2, -0.15) is 0 Å². The number of hydrogen-bond acceptors (Lipinski definition) is 3. The Hall–Kier alpha value is -0.510. The minimum absolute atomic E-state index is 0.0332. The zero-order chi connectivity index (χ0) is 5.70. The summed E-state index contributed by atoms with van der Waals surface area (Å²) in [4.78, 5) is 13.1. The van der Waals surface area contributed by atoms with E-state index in [-0.39, 0.29) is 12.5 Å². The van der Waals surface area contributed by atoms with E-state index < -0.39 is 5.09 Å². The van der Waals surface area contributed by atoms with E-state index in [4.69, 9.17) is 11.6 Å². The number of alkyl halides is 1. The van der Waals surface area contributed by atoms with Gasteiger partial charge in [-0.1, -0.05) is 0 Å². The number of rotatable bonds is 3. The average molecular weight is 126 g/mol. The Morgan fingerprint density at radius 1 is 1.86 bits per heavy atom. The molecule has 0 radical (unpaired) electrons. The van der Waals surface area contributed by atoms with Crippen molar-refractivity contribution in [2.75, 3.05) is 12.5 Å². The van der Waals surface area contributed by atoms with Crippen molar-refractivity contribution < 1.29 is 9.92 Å². The molecule has 0 aliphatic heterocycles. The molecule has 5 heteroatoms. The highest BCUT2D eigenvalue weighted by Crippen LogP contribution is 1.76. The van der Waals surface area contributed by atoms with Gasteiger partial charge in [0.2, 0.25) is 0 Å². The van der Waals surface area contributed by atoms with Crippen molar-refractivity contribution in [3.63, 3.8) is 0 Å². The van der Waals surface area contributed by atoms with Gasteiger partial charge in [0.05, 0.1) is 0 Å². The second-order valence-electron chi connectivity index (χ2n) is 0.746. The Labute approximate surface area is 45.1 Å². The number of hydrogen-bond donors (Lipinski definition) is 0. The van der Waals surface area contributed by atoms with Gasteiger partial charge >= 0.3 is 0 Å². The third kappa shape index (κ3) is 5.49. The van der Waals surface area contributed by atoms with Crippen LogP contribution < -0.4 is 0 Å². The molecule has 0 saturated heterocycles. The highest BCUT2D eigenvalue weighted by molar-refractivity contribution is 6.17. The molecule has 0 heterocycles. The molecule has 7 heavy (non-hydrogen) atoms. The molecule has 0 unspecified atom stereocenters. The Balaban J connectivity index is 2.82. The molecule has 0 aliphatic carbocycles. The highest BCUT2D eigenvalue weighted by Gasteiger charge is 1.88. The molecule has 0 spiro atoms. The van der Waals surface area contributed by atoms with Crippen molar-refractivity contribution >= 4 is 11.6 Å². The average Bonchev–Trinajstić information content (AvgIpc) is 1.61. The van der Waals surface area contributed by atoms with Crippen LogP contribution in [0.15, 0.2) is 0 Å². The largest absolute Gasteiger partial charge is 0.313 e. The minimum Gasteiger partial charge on any atom is -0.313 e. The first kappa shape index (κ1) is 6.49. The molecule has 42 valence electrons. The third-order valence-corrected chi connectivity index (χ3v) is 0.428. The minimum atomic E-state index is -0.873. The monoisotopic (exact) mass is 125 g/mol. The summed E-state index contributed by atoms with van der Waals surface area (Å²) in [5.74, 6) is 0.154. The summed E-state index contributed by atoms with van der Waals surface area (Å²) in [7, 11) is 0. The van der Waals surface area contributed by atoms with Crippen LogP contribution in [0.2, 0.25) is 0 Å². The van der Waals surface area contributed by atoms with Gasteiger partial charge in [0, 0.05) is 5.88 Å². The lowest BCUT2D eigenvalue weighted by Gasteiger charge is -1.87. The molecular formula is C2H4ClNO3. The van der Waals surface area contributed by atoms with Gasteiger partial charge in [0.15, 0.2) is 0 Å². The van der Waals surface area contributed by atoms with Crippen LogP contribution in [0.3, 0.4) is 0 Å². The van der Waals surface area contributed by atoms with Crippen LogP contribution in [0, 0.1) is 10.1 Å². The van der Waals surface area contributed by atoms with Crippen molar-refractivity contribution in [2.24, 2.45) is 0 Å². The summed E-state index contributed by atoms with van der Waals surface area (Å²) in [6, 6.07) is 0. The zero-order valence-corrected chi connectivity index (χ0v) is 4.22. The fourth-order valence-electron chi connectivity index (χ4n) is 0.109. The first-order chi connectivity index (χ1) is 3.27. The highest BCUT2D eigenvalue weighted by atomic mass is 35.5. The Kier molecular flexibility index (Phi) is 3.40. The van der Waals surface area contributed by atoms with E-state index >= 15 is 0 Å². The normalized spacial score (nSPS) is 8.14. The van der Waals surface area contributed by atoms with Crippen LogP contribution >= 0.6 is 11.6 Å². The van der Waals surface area contributed by atoms with E-state index in [1.54, 1.807) is 0 Å². The summed E-state index contributed by atoms with van der Waals surface area (Å²) in [5, 5.41) is 8.41. The van der Waals surface area contributed by atoms with Crippen LogP contribution in [-0.2, 0) is 4.84 Å². The second-order valence-corrected chi connectivity index (χ2v) is 1.12. The van der Waals surface area contributed by atoms with Crippen LogP contribution in [-0.4, -0.2) is 17.6 Å². The van der Waals surface area contributed by atoms with E-state index in [9.17, 15) is 10.1 Å². The smallest absolute Gasteiger partial charge is 0.294 e. The van der Waals surface area contributed by atoms with E-state index in [0.717, 1.165) is 0 Å². The second kappa shape index (κ2) is 3.67. The molecule has 0 aliphatic rings. The van der Waals surface area contributed by atoms with Crippen molar-refractivity contribution in [1.29, 1.82) is 0 Å². The van der Waals surface area contributed by atoms with E-state index in [1.807, 2.05) is 0 Å². The lowest BCUT2D eigenvalue weighted by atomic mass is 10.9. The molecular weight excluding hydrogens is 121 g/mol. The molecule has 0 saturated carbocycles. The molecule has 0 fully saturated rings. The van der Waals surface area contributed by atoms with Crippen molar-refractivity contribution in [3.05, 3.63) is 10.1 Å². The van der Waals surface area contributed by atoms with Gasteiger partial charge in [-0.25, -0.2) is 0 Å². The zero-order valence-electron chi connectivity index (χ0n) is 3.46. The van der Waals surface area contributed by atoms with Crippen molar-refractivity contribution in [3.8, 4) is 0 Å². The van der Waals surface area contributed by atoms with E-state index in [2.05, 4.69) is 4.84 Å². The van der Waals surface area contributed by atoms with Gasteiger partial charge in [0.25, 0.3) is 5.09 Å². The molecule has 0 rings (SSSR count). The van der Waals surface area contributed by atoms with Crippen molar-refractivity contribution in [1.82, 2.24) is 0 Å². The topological polar surface area (TPSA) is 52.4 Å². The first-order valence-electron chi connectivity index (χ1n) is 1.60. The molecule has 0 amide bonds. The standard InChI is InChI=1S/C2H4ClNO3/c3-1-2-7-4(5)6/h1-2H2. The van der Waals surface area contributed by atoms with Crippen LogP contribution in [0.5, 0.6) is 0 Å². The molecule has 0 N–H and O–H groups in total. The van der Waals surface area contributed by atoms with Crippen molar-refractivity contribution in [2.45, 2.75) is 0 Å². The Bertz CT molecular complexity index is 66.0. The van der Waals surface area contributed by atoms with Crippen LogP contribution in [0.25, 0.3) is 0 Å². The summed E-state index contributed by atoms with van der Waals surface area (Å²) >= 11 is 5.02. The SMILES string of the molecule is O=[N+]([O-])OCCCl. The predicted molar refractivity (Wildman–Crippen MR) is 23.7 cm³/mol. The first-order valence-corrected chi connectivity index (χ1v) is 2.14.